The SMILES string of the molecule is CCCCCCCCCCCCCCCC(=O)O[C@@H](COCO)COP(=O)(O)OC1C(O)[C@H](OP(=O)(O)O)[C@@H](CP(=O)(O)O)C(O)[C@@H]1O. The lowest BCUT2D eigenvalue weighted by atomic mass is 9.79. The Kier molecular flexibility index (Phi) is 22.1. The molecule has 9 N–H and O–H groups in total. The Morgan fingerprint density at radius 3 is 1.69 bits per heavy atom. The second-order valence-corrected chi connectivity index (χ2v) is 16.3. The lowest BCUT2D eigenvalue weighted by Crippen LogP contribution is -2.62. The van der Waals surface area contributed by atoms with Gasteiger partial charge in [0.05, 0.1) is 25.5 Å². The standard InChI is InChI=1S/C27H55O18P3/c1-2-3-4-5-6-7-8-9-10-11-12-13-14-15-22(29)43-20(16-41-19-28)17-42-48(39,40)45-27-24(31)23(30)21(18-46(33,34)35)26(25(27)32)44-47(36,37)38/h20-21,23-28,30-32H,2-19H2,1H3,(H,39,40)(H2,33,34,35)(H2,36,37,38)/t20-,21-,23?,24-,25?,26+,27?/m0/s1. The van der Waals surface area contributed by atoms with Crippen LogP contribution in [0.5, 0.6) is 0 Å². The van der Waals surface area contributed by atoms with Gasteiger partial charge in [-0.25, -0.2) is 9.13 Å². The van der Waals surface area contributed by atoms with Crippen molar-refractivity contribution in [1.29, 1.82) is 0 Å². The third-order valence-electron chi connectivity index (χ3n) is 7.78. The van der Waals surface area contributed by atoms with E-state index in [1.54, 1.807) is 0 Å². The van der Waals surface area contributed by atoms with E-state index in [0.717, 1.165) is 25.7 Å². The predicted molar refractivity (Wildman–Crippen MR) is 169 cm³/mol. The van der Waals surface area contributed by atoms with Crippen LogP contribution in [0.2, 0.25) is 0 Å². The third kappa shape index (κ3) is 19.9. The van der Waals surface area contributed by atoms with Crippen molar-refractivity contribution in [3.05, 3.63) is 0 Å². The van der Waals surface area contributed by atoms with Crippen molar-refractivity contribution < 1.29 is 86.4 Å². The van der Waals surface area contributed by atoms with Crippen LogP contribution in [0.25, 0.3) is 0 Å². The highest BCUT2D eigenvalue weighted by Crippen LogP contribution is 2.51. The molecule has 8 atom stereocenters. The van der Waals surface area contributed by atoms with Crippen LogP contribution in [0.15, 0.2) is 0 Å². The Balaban J connectivity index is 2.61. The number of hydrogen-bond acceptors (Lipinski definition) is 13. The third-order valence-corrected chi connectivity index (χ3v) is 10.2. The molecule has 1 saturated carbocycles. The van der Waals surface area contributed by atoms with Gasteiger partial charge in [-0.1, -0.05) is 84.0 Å². The van der Waals surface area contributed by atoms with Crippen molar-refractivity contribution in [1.82, 2.24) is 0 Å². The molecule has 1 rings (SSSR count). The van der Waals surface area contributed by atoms with Gasteiger partial charge in [0.25, 0.3) is 0 Å². The molecule has 0 aromatic rings. The summed E-state index contributed by atoms with van der Waals surface area (Å²) in [4.78, 5) is 59.7. The molecule has 0 saturated heterocycles. The summed E-state index contributed by atoms with van der Waals surface area (Å²) in [5, 5.41) is 40.5. The molecule has 0 aromatic carbocycles. The maximum atomic E-state index is 12.7. The van der Waals surface area contributed by atoms with Gasteiger partial charge in [0.1, 0.15) is 37.3 Å². The number of carbonyl (C=O) groups is 1. The summed E-state index contributed by atoms with van der Waals surface area (Å²) in [5.41, 5.74) is 0. The molecule has 0 spiro atoms. The van der Waals surface area contributed by atoms with Crippen molar-refractivity contribution >= 4 is 29.2 Å². The average molecular weight is 761 g/mol. The van der Waals surface area contributed by atoms with Gasteiger partial charge in [0.2, 0.25) is 0 Å². The van der Waals surface area contributed by atoms with Crippen molar-refractivity contribution in [2.24, 2.45) is 5.92 Å². The fourth-order valence-electron chi connectivity index (χ4n) is 5.39. The van der Waals surface area contributed by atoms with Crippen LogP contribution in [0, 0.1) is 5.92 Å². The van der Waals surface area contributed by atoms with E-state index in [1.807, 2.05) is 0 Å². The number of aliphatic hydroxyl groups is 4. The van der Waals surface area contributed by atoms with Gasteiger partial charge in [-0.2, -0.15) is 0 Å². The van der Waals surface area contributed by atoms with Gasteiger partial charge in [-0.05, 0) is 6.42 Å². The molecule has 48 heavy (non-hydrogen) atoms. The molecule has 0 aromatic heterocycles. The second-order valence-electron chi connectivity index (χ2n) is 12.0. The number of hydrogen-bond donors (Lipinski definition) is 9. The highest BCUT2D eigenvalue weighted by molar-refractivity contribution is 7.51. The van der Waals surface area contributed by atoms with Crippen molar-refractivity contribution in [2.75, 3.05) is 26.2 Å². The van der Waals surface area contributed by atoms with Crippen LogP contribution in [0.3, 0.4) is 0 Å². The van der Waals surface area contributed by atoms with E-state index in [2.05, 4.69) is 11.4 Å². The molecule has 0 aliphatic heterocycles. The number of ether oxygens (including phenoxy) is 2. The Hall–Kier alpha value is -0.360. The number of phosphoric acid groups is 2. The zero-order chi connectivity index (χ0) is 36.4. The molecule has 0 amide bonds. The Labute approximate surface area is 281 Å². The number of carbonyl (C=O) groups excluding carboxylic acids is 1. The van der Waals surface area contributed by atoms with Gasteiger partial charge in [0.15, 0.2) is 0 Å². The summed E-state index contributed by atoms with van der Waals surface area (Å²) in [6.45, 7) is 0.109. The number of rotatable bonds is 27. The Morgan fingerprint density at radius 2 is 1.21 bits per heavy atom. The first-order valence-corrected chi connectivity index (χ1v) is 21.1. The second kappa shape index (κ2) is 23.3. The summed E-state index contributed by atoms with van der Waals surface area (Å²) in [7, 11) is -15.8. The number of aliphatic hydroxyl groups excluding tert-OH is 4. The molecular formula is C27H55O18P3. The van der Waals surface area contributed by atoms with Crippen molar-refractivity contribution in [2.45, 2.75) is 133 Å². The fraction of sp³-hybridized carbons (Fsp3) is 0.963. The molecular weight excluding hydrogens is 705 g/mol. The van der Waals surface area contributed by atoms with Gasteiger partial charge in [0, 0.05) is 12.3 Å². The molecule has 0 bridgehead atoms. The fourth-order valence-corrected chi connectivity index (χ4v) is 7.93. The summed E-state index contributed by atoms with van der Waals surface area (Å²) in [6, 6.07) is 0. The Bertz CT molecular complexity index is 1040. The molecule has 286 valence electrons. The van der Waals surface area contributed by atoms with Crippen LogP contribution in [0.1, 0.15) is 96.8 Å². The summed E-state index contributed by atoms with van der Waals surface area (Å²) < 4.78 is 59.7. The molecule has 0 radical (unpaired) electrons. The molecule has 18 nitrogen and oxygen atoms in total. The maximum absolute atomic E-state index is 12.7. The molecule has 0 heterocycles. The highest BCUT2D eigenvalue weighted by atomic mass is 31.2. The first-order valence-electron chi connectivity index (χ1n) is 16.3. The summed E-state index contributed by atoms with van der Waals surface area (Å²) >= 11 is 0. The lowest BCUT2D eigenvalue weighted by molar-refractivity contribution is -0.193. The minimum Gasteiger partial charge on any atom is -0.457 e. The summed E-state index contributed by atoms with van der Waals surface area (Å²) in [6.07, 6.45) is 0.351. The van der Waals surface area contributed by atoms with Crippen molar-refractivity contribution in [3.63, 3.8) is 0 Å². The predicted octanol–water partition coefficient (Wildman–Crippen LogP) is 2.22. The van der Waals surface area contributed by atoms with Crippen LogP contribution >= 0.6 is 23.2 Å². The minimum absolute atomic E-state index is 0.0375. The molecule has 1 fully saturated rings. The van der Waals surface area contributed by atoms with Gasteiger partial charge in [-0.15, -0.1) is 0 Å². The van der Waals surface area contributed by atoms with E-state index in [0.29, 0.717) is 6.42 Å². The van der Waals surface area contributed by atoms with Gasteiger partial charge >= 0.3 is 29.2 Å². The zero-order valence-electron chi connectivity index (χ0n) is 27.3. The van der Waals surface area contributed by atoms with E-state index >= 15 is 0 Å². The average Bonchev–Trinajstić information content (AvgIpc) is 2.98. The van der Waals surface area contributed by atoms with Gasteiger partial charge < -0.3 is 54.4 Å². The minimum atomic E-state index is -5.48. The van der Waals surface area contributed by atoms with Crippen LogP contribution in [0.4, 0.5) is 0 Å². The largest absolute Gasteiger partial charge is 0.472 e. The lowest BCUT2D eigenvalue weighted by Gasteiger charge is -2.45. The topological polar surface area (TPSA) is 296 Å². The van der Waals surface area contributed by atoms with E-state index in [9.17, 15) is 58.3 Å². The zero-order valence-corrected chi connectivity index (χ0v) is 30.0. The normalized spacial score (nSPS) is 25.5. The molecule has 21 heteroatoms. The van der Waals surface area contributed by atoms with E-state index < -0.39 is 97.9 Å². The first kappa shape index (κ1) is 45.7. The smallest absolute Gasteiger partial charge is 0.457 e. The number of esters is 1. The first-order chi connectivity index (χ1) is 22.4. The molecule has 4 unspecified atom stereocenters. The monoisotopic (exact) mass is 760 g/mol. The maximum Gasteiger partial charge on any atom is 0.472 e. The molecule has 1 aliphatic rings. The Morgan fingerprint density at radius 1 is 0.688 bits per heavy atom. The summed E-state index contributed by atoms with van der Waals surface area (Å²) in [5.74, 6) is -2.62. The van der Waals surface area contributed by atoms with E-state index in [1.165, 1.54) is 51.4 Å². The van der Waals surface area contributed by atoms with Crippen molar-refractivity contribution in [3.8, 4) is 0 Å². The van der Waals surface area contributed by atoms with Crippen LogP contribution in [-0.4, -0.2) is 114 Å². The van der Waals surface area contributed by atoms with Crippen LogP contribution in [-0.2, 0) is 41.5 Å². The quantitative estimate of drug-likeness (QED) is 0.0251. The van der Waals surface area contributed by atoms with Crippen LogP contribution < -0.4 is 0 Å². The van der Waals surface area contributed by atoms with E-state index in [-0.39, 0.29) is 6.42 Å². The molecule has 1 aliphatic carbocycles. The van der Waals surface area contributed by atoms with E-state index in [4.69, 9.17) is 23.6 Å². The number of phosphoric ester groups is 2. The highest BCUT2D eigenvalue weighted by Gasteiger charge is 2.55. The van der Waals surface area contributed by atoms with Gasteiger partial charge in [-0.3, -0.25) is 22.9 Å². The number of unbranched alkanes of at least 4 members (excludes halogenated alkanes) is 12.